The highest BCUT2D eigenvalue weighted by atomic mass is 16.6. The first-order valence-electron chi connectivity index (χ1n) is 8.20. The van der Waals surface area contributed by atoms with E-state index in [2.05, 4.69) is 0 Å². The van der Waals surface area contributed by atoms with Gasteiger partial charge in [0.1, 0.15) is 24.9 Å². The number of carbonyl (C=O) groups is 2. The van der Waals surface area contributed by atoms with Crippen LogP contribution in [0.5, 0.6) is 0 Å². The summed E-state index contributed by atoms with van der Waals surface area (Å²) in [4.78, 5) is 24.3. The summed E-state index contributed by atoms with van der Waals surface area (Å²) in [5.41, 5.74) is 0.827. The second kappa shape index (κ2) is 8.28. The zero-order valence-corrected chi connectivity index (χ0v) is 13.9. The monoisotopic (exact) mass is 351 g/mol. The van der Waals surface area contributed by atoms with Crippen LogP contribution in [0.2, 0.25) is 0 Å². The van der Waals surface area contributed by atoms with Crippen LogP contribution >= 0.6 is 0 Å². The average molecular weight is 351 g/mol. The second-order valence-electron chi connectivity index (χ2n) is 5.80. The second-order valence-corrected chi connectivity index (χ2v) is 5.80. The first-order valence-corrected chi connectivity index (χ1v) is 8.20. The van der Waals surface area contributed by atoms with E-state index in [0.717, 1.165) is 0 Å². The van der Waals surface area contributed by atoms with Gasteiger partial charge < -0.3 is 14.2 Å². The Balaban J connectivity index is 1.62. The highest BCUT2D eigenvalue weighted by molar-refractivity contribution is 5.90. The third kappa shape index (κ3) is 4.26. The average Bonchev–Trinajstić information content (AvgIpc) is 3.09. The van der Waals surface area contributed by atoms with Crippen molar-refractivity contribution < 1.29 is 23.8 Å². The molecule has 0 aromatic heterocycles. The molecular weight excluding hydrogens is 334 g/mol. The third-order valence-electron chi connectivity index (χ3n) is 4.00. The normalized spacial score (nSPS) is 21.6. The van der Waals surface area contributed by atoms with Crippen LogP contribution in [0, 0.1) is 11.3 Å². The van der Waals surface area contributed by atoms with Crippen LogP contribution in [0.4, 0.5) is 0 Å². The largest absolute Gasteiger partial charge is 0.459 e. The van der Waals surface area contributed by atoms with Gasteiger partial charge in [0, 0.05) is 6.42 Å². The van der Waals surface area contributed by atoms with Crippen molar-refractivity contribution in [2.45, 2.75) is 24.7 Å². The topological polar surface area (TPSA) is 85.6 Å². The number of hydrogen-bond acceptors (Lipinski definition) is 6. The Hall–Kier alpha value is -3.17. The van der Waals surface area contributed by atoms with Gasteiger partial charge in [0.05, 0.1) is 17.2 Å². The fraction of sp³-hybridized carbons (Fsp3) is 0.250. The van der Waals surface area contributed by atoms with Crippen molar-refractivity contribution in [2.24, 2.45) is 0 Å². The van der Waals surface area contributed by atoms with E-state index >= 15 is 0 Å². The minimum absolute atomic E-state index is 0.0986. The fourth-order valence-corrected chi connectivity index (χ4v) is 2.67. The zero-order chi connectivity index (χ0) is 18.4. The molecule has 6 nitrogen and oxygen atoms in total. The van der Waals surface area contributed by atoms with Gasteiger partial charge in [0.2, 0.25) is 0 Å². The van der Waals surface area contributed by atoms with E-state index in [0.29, 0.717) is 11.1 Å². The van der Waals surface area contributed by atoms with Gasteiger partial charge in [-0.05, 0) is 24.3 Å². The molecule has 3 atom stereocenters. The highest BCUT2D eigenvalue weighted by Gasteiger charge is 2.39. The summed E-state index contributed by atoms with van der Waals surface area (Å²) < 4.78 is 16.3. The van der Waals surface area contributed by atoms with Crippen molar-refractivity contribution in [3.8, 4) is 6.07 Å². The molecule has 0 radical (unpaired) electrons. The molecule has 2 aromatic rings. The van der Waals surface area contributed by atoms with E-state index < -0.39 is 30.3 Å². The molecular formula is C20H17NO5. The number of esters is 2. The van der Waals surface area contributed by atoms with Crippen molar-refractivity contribution in [2.75, 3.05) is 6.61 Å². The number of nitrogens with zero attached hydrogens (tertiary/aromatic N) is 1. The molecule has 0 N–H and O–H groups in total. The van der Waals surface area contributed by atoms with E-state index in [-0.39, 0.29) is 13.0 Å². The van der Waals surface area contributed by atoms with Gasteiger partial charge in [-0.15, -0.1) is 0 Å². The number of rotatable bonds is 5. The number of nitriles is 1. The Morgan fingerprint density at radius 3 is 2.15 bits per heavy atom. The molecule has 0 aliphatic carbocycles. The zero-order valence-electron chi connectivity index (χ0n) is 13.9. The predicted octanol–water partition coefficient (Wildman–Crippen LogP) is 2.75. The minimum atomic E-state index is -0.705. The van der Waals surface area contributed by atoms with Crippen molar-refractivity contribution >= 4 is 11.9 Å². The Kier molecular flexibility index (Phi) is 5.62. The van der Waals surface area contributed by atoms with Gasteiger partial charge in [-0.1, -0.05) is 36.4 Å². The van der Waals surface area contributed by atoms with Gasteiger partial charge in [-0.2, -0.15) is 5.26 Å². The van der Waals surface area contributed by atoms with Crippen molar-refractivity contribution in [3.05, 3.63) is 71.8 Å². The number of ether oxygens (including phenoxy) is 3. The van der Waals surface area contributed by atoms with E-state index in [1.165, 1.54) is 0 Å². The van der Waals surface area contributed by atoms with Gasteiger partial charge in [-0.3, -0.25) is 0 Å². The first-order chi connectivity index (χ1) is 12.7. The molecule has 1 saturated heterocycles. The molecule has 6 heteroatoms. The molecule has 132 valence electrons. The molecule has 2 aromatic carbocycles. The van der Waals surface area contributed by atoms with Crippen LogP contribution in [-0.2, 0) is 14.2 Å². The maximum atomic E-state index is 12.2. The molecule has 1 aliphatic heterocycles. The lowest BCUT2D eigenvalue weighted by Crippen LogP contribution is -2.32. The molecule has 1 unspecified atom stereocenters. The summed E-state index contributed by atoms with van der Waals surface area (Å²) in [6.07, 6.45) is -1.80. The summed E-state index contributed by atoms with van der Waals surface area (Å²) in [7, 11) is 0. The molecule has 0 spiro atoms. The van der Waals surface area contributed by atoms with Crippen LogP contribution in [-0.4, -0.2) is 36.9 Å². The van der Waals surface area contributed by atoms with Crippen molar-refractivity contribution in [3.63, 3.8) is 0 Å². The minimum Gasteiger partial charge on any atom is -0.459 e. The maximum absolute atomic E-state index is 12.2. The molecule has 1 fully saturated rings. The highest BCUT2D eigenvalue weighted by Crippen LogP contribution is 2.24. The van der Waals surface area contributed by atoms with E-state index in [9.17, 15) is 9.59 Å². The molecule has 1 aliphatic rings. The summed E-state index contributed by atoms with van der Waals surface area (Å²) in [5.74, 6) is -1.00. The summed E-state index contributed by atoms with van der Waals surface area (Å²) in [5, 5.41) is 9.08. The lowest BCUT2D eigenvalue weighted by molar-refractivity contribution is -0.0350. The SMILES string of the molecule is N#CC1C[C@H](OC(=O)c2ccccc2)[C@@H](COC(=O)c2ccccc2)O1. The lowest BCUT2D eigenvalue weighted by Gasteiger charge is -2.18. The summed E-state index contributed by atoms with van der Waals surface area (Å²) >= 11 is 0. The quantitative estimate of drug-likeness (QED) is 0.770. The first kappa shape index (κ1) is 17.6. The van der Waals surface area contributed by atoms with Gasteiger partial charge >= 0.3 is 11.9 Å². The van der Waals surface area contributed by atoms with Crippen molar-refractivity contribution in [1.29, 1.82) is 5.26 Å². The van der Waals surface area contributed by atoms with E-state index in [4.69, 9.17) is 19.5 Å². The summed E-state index contributed by atoms with van der Waals surface area (Å²) in [6, 6.07) is 19.1. The smallest absolute Gasteiger partial charge is 0.338 e. The fourth-order valence-electron chi connectivity index (χ4n) is 2.67. The maximum Gasteiger partial charge on any atom is 0.338 e. The standard InChI is InChI=1S/C20H17NO5/c21-12-16-11-17(26-20(23)15-9-5-2-6-10-15)18(25-16)13-24-19(22)14-7-3-1-4-8-14/h1-10,16-18H,11,13H2/t16?,17-,18+/m0/s1. The van der Waals surface area contributed by atoms with Crippen LogP contribution in [0.1, 0.15) is 27.1 Å². The van der Waals surface area contributed by atoms with Crippen LogP contribution < -0.4 is 0 Å². The molecule has 0 bridgehead atoms. The Bertz CT molecular complexity index is 800. The number of hydrogen-bond donors (Lipinski definition) is 0. The van der Waals surface area contributed by atoms with Gasteiger partial charge in [0.25, 0.3) is 0 Å². The van der Waals surface area contributed by atoms with Crippen LogP contribution in [0.25, 0.3) is 0 Å². The Morgan fingerprint density at radius 2 is 1.58 bits per heavy atom. The Labute approximate surface area is 150 Å². The number of carbonyl (C=O) groups excluding carboxylic acids is 2. The molecule has 26 heavy (non-hydrogen) atoms. The predicted molar refractivity (Wildman–Crippen MR) is 91.3 cm³/mol. The van der Waals surface area contributed by atoms with Gasteiger partial charge in [0.15, 0.2) is 0 Å². The molecule has 0 saturated carbocycles. The van der Waals surface area contributed by atoms with E-state index in [1.54, 1.807) is 60.7 Å². The third-order valence-corrected chi connectivity index (χ3v) is 4.00. The lowest BCUT2D eigenvalue weighted by atomic mass is 10.1. The van der Waals surface area contributed by atoms with Crippen LogP contribution in [0.15, 0.2) is 60.7 Å². The Morgan fingerprint density at radius 1 is 1.00 bits per heavy atom. The molecule has 1 heterocycles. The van der Waals surface area contributed by atoms with Crippen molar-refractivity contribution in [1.82, 2.24) is 0 Å². The summed E-state index contributed by atoms with van der Waals surface area (Å²) in [6.45, 7) is -0.0986. The van der Waals surface area contributed by atoms with Gasteiger partial charge in [-0.25, -0.2) is 9.59 Å². The molecule has 0 amide bonds. The van der Waals surface area contributed by atoms with Crippen LogP contribution in [0.3, 0.4) is 0 Å². The van der Waals surface area contributed by atoms with E-state index in [1.807, 2.05) is 6.07 Å². The number of benzene rings is 2. The molecule has 3 rings (SSSR count).